The van der Waals surface area contributed by atoms with Crippen molar-refractivity contribution in [3.63, 3.8) is 0 Å². The summed E-state index contributed by atoms with van der Waals surface area (Å²) in [6, 6.07) is -0.470. The zero-order chi connectivity index (χ0) is 15.7. The normalized spacial score (nSPS) is 18.7. The van der Waals surface area contributed by atoms with Crippen LogP contribution in [0, 0.1) is 17.0 Å². The Bertz CT molecular complexity index is 568. The van der Waals surface area contributed by atoms with Gasteiger partial charge in [-0.15, -0.1) is 0 Å². The first-order chi connectivity index (χ1) is 9.84. The van der Waals surface area contributed by atoms with Gasteiger partial charge in [0.2, 0.25) is 17.5 Å². The molecular formula is C12H20N6O3. The van der Waals surface area contributed by atoms with E-state index in [1.807, 2.05) is 0 Å². The van der Waals surface area contributed by atoms with Gasteiger partial charge in [0.15, 0.2) is 0 Å². The van der Waals surface area contributed by atoms with E-state index in [9.17, 15) is 14.9 Å². The molecule has 21 heavy (non-hydrogen) atoms. The van der Waals surface area contributed by atoms with Crippen molar-refractivity contribution in [1.29, 1.82) is 0 Å². The first-order valence-corrected chi connectivity index (χ1v) is 6.70. The largest absolute Gasteiger partial charge is 0.406 e. The Hall–Kier alpha value is -2.16. The van der Waals surface area contributed by atoms with Crippen LogP contribution in [0.2, 0.25) is 0 Å². The van der Waals surface area contributed by atoms with E-state index in [4.69, 9.17) is 0 Å². The van der Waals surface area contributed by atoms with Crippen LogP contribution in [-0.4, -0.2) is 65.1 Å². The van der Waals surface area contributed by atoms with Gasteiger partial charge in [0.25, 0.3) is 0 Å². The lowest BCUT2D eigenvalue weighted by atomic mass is 10.1. The second kappa shape index (κ2) is 5.68. The molecule has 1 aromatic rings. The number of piperazine rings is 1. The molecular weight excluding hydrogens is 276 g/mol. The Morgan fingerprint density at radius 3 is 2.76 bits per heavy atom. The summed E-state index contributed by atoms with van der Waals surface area (Å²) in [5.74, 6) is 0.647. The molecule has 1 aliphatic rings. The summed E-state index contributed by atoms with van der Waals surface area (Å²) in [7, 11) is 5.08. The average Bonchev–Trinajstić information content (AvgIpc) is 2.74. The SMILES string of the molecule is Cc1nc([N+](=O)[O-])c(N2CCNCC2C(=O)N(C)C)n1C. The van der Waals surface area contributed by atoms with Gasteiger partial charge in [-0.25, -0.2) is 0 Å². The zero-order valence-corrected chi connectivity index (χ0v) is 12.7. The summed E-state index contributed by atoms with van der Waals surface area (Å²) in [5.41, 5.74) is 0. The number of hydrogen-bond acceptors (Lipinski definition) is 6. The van der Waals surface area contributed by atoms with Crippen LogP contribution >= 0.6 is 0 Å². The summed E-state index contributed by atoms with van der Waals surface area (Å²) in [5, 5.41) is 14.4. The number of aryl methyl sites for hydroxylation is 1. The molecule has 1 saturated heterocycles. The molecule has 0 radical (unpaired) electrons. The van der Waals surface area contributed by atoms with Crippen LogP contribution < -0.4 is 10.2 Å². The molecule has 2 heterocycles. The van der Waals surface area contributed by atoms with E-state index in [1.165, 1.54) is 4.90 Å². The number of carbonyl (C=O) groups is 1. The van der Waals surface area contributed by atoms with E-state index >= 15 is 0 Å². The van der Waals surface area contributed by atoms with Gasteiger partial charge >= 0.3 is 5.82 Å². The van der Waals surface area contributed by atoms with Crippen molar-refractivity contribution in [1.82, 2.24) is 19.8 Å². The zero-order valence-electron chi connectivity index (χ0n) is 12.7. The van der Waals surface area contributed by atoms with Gasteiger partial charge in [-0.05, 0) is 9.91 Å². The van der Waals surface area contributed by atoms with E-state index < -0.39 is 11.0 Å². The smallest absolute Gasteiger partial charge is 0.358 e. The Balaban J connectivity index is 2.47. The first-order valence-electron chi connectivity index (χ1n) is 6.70. The van der Waals surface area contributed by atoms with Crippen molar-refractivity contribution in [3.8, 4) is 0 Å². The number of hydrogen-bond donors (Lipinski definition) is 1. The fourth-order valence-corrected chi connectivity index (χ4v) is 2.50. The Morgan fingerprint density at radius 2 is 2.19 bits per heavy atom. The standard InChI is InChI=1S/C12H20N6O3/c1-8-14-10(18(20)21)11(16(8)4)17-6-5-13-7-9(17)12(19)15(2)3/h9,13H,5-7H2,1-4H3. The first kappa shape index (κ1) is 15.2. The van der Waals surface area contributed by atoms with Crippen LogP contribution in [-0.2, 0) is 11.8 Å². The van der Waals surface area contributed by atoms with Gasteiger partial charge in [-0.1, -0.05) is 0 Å². The molecule has 0 spiro atoms. The second-order valence-electron chi connectivity index (χ2n) is 5.27. The Morgan fingerprint density at radius 1 is 1.52 bits per heavy atom. The number of nitrogens with zero attached hydrogens (tertiary/aromatic N) is 5. The summed E-state index contributed by atoms with van der Waals surface area (Å²) >= 11 is 0. The molecule has 2 rings (SSSR count). The summed E-state index contributed by atoms with van der Waals surface area (Å²) in [4.78, 5) is 30.3. The molecule has 1 amide bonds. The molecule has 1 fully saturated rings. The second-order valence-corrected chi connectivity index (χ2v) is 5.27. The Kier molecular flexibility index (Phi) is 4.12. The molecule has 0 aliphatic carbocycles. The minimum atomic E-state index is -0.498. The van der Waals surface area contributed by atoms with Crippen LogP contribution in [0.4, 0.5) is 11.6 Å². The van der Waals surface area contributed by atoms with Crippen LogP contribution in [0.5, 0.6) is 0 Å². The monoisotopic (exact) mass is 296 g/mol. The number of nitro groups is 1. The van der Waals surface area contributed by atoms with Gasteiger partial charge < -0.3 is 25.2 Å². The number of aromatic nitrogens is 2. The van der Waals surface area contributed by atoms with Gasteiger partial charge in [0.05, 0.1) is 0 Å². The van der Waals surface area contributed by atoms with Crippen LogP contribution in [0.25, 0.3) is 0 Å². The predicted octanol–water partition coefficient (Wildman–Crippen LogP) is -0.497. The van der Waals surface area contributed by atoms with Gasteiger partial charge in [0.1, 0.15) is 6.04 Å². The van der Waals surface area contributed by atoms with E-state index in [0.717, 1.165) is 0 Å². The number of nitrogens with one attached hydrogen (secondary N) is 1. The third kappa shape index (κ3) is 2.68. The van der Waals surface area contributed by atoms with Crippen molar-refractivity contribution >= 4 is 17.5 Å². The Labute approximate surface area is 122 Å². The van der Waals surface area contributed by atoms with Gasteiger partial charge in [-0.2, -0.15) is 0 Å². The molecule has 0 bridgehead atoms. The highest BCUT2D eigenvalue weighted by atomic mass is 16.6. The molecule has 9 nitrogen and oxygen atoms in total. The number of imidazole rings is 1. The summed E-state index contributed by atoms with van der Waals surface area (Å²) in [6.45, 7) is 3.35. The minimum absolute atomic E-state index is 0.0876. The molecule has 116 valence electrons. The molecule has 1 atom stereocenters. The van der Waals surface area contributed by atoms with Gasteiger partial charge in [0, 0.05) is 47.7 Å². The summed E-state index contributed by atoms with van der Waals surface area (Å²) in [6.07, 6.45) is 0. The fourth-order valence-electron chi connectivity index (χ4n) is 2.50. The van der Waals surface area contributed by atoms with E-state index in [2.05, 4.69) is 10.3 Å². The van der Waals surface area contributed by atoms with Crippen molar-refractivity contribution in [2.75, 3.05) is 38.6 Å². The van der Waals surface area contributed by atoms with Crippen LogP contribution in [0.15, 0.2) is 0 Å². The molecule has 1 N–H and O–H groups in total. The van der Waals surface area contributed by atoms with Gasteiger partial charge in [-0.3, -0.25) is 9.36 Å². The summed E-state index contributed by atoms with van der Waals surface area (Å²) < 4.78 is 1.67. The third-order valence-corrected chi connectivity index (χ3v) is 3.69. The number of rotatable bonds is 3. The van der Waals surface area contributed by atoms with Crippen LogP contribution in [0.1, 0.15) is 5.82 Å². The number of carbonyl (C=O) groups excluding carboxylic acids is 1. The molecule has 1 unspecified atom stereocenters. The maximum absolute atomic E-state index is 12.3. The molecule has 0 aromatic carbocycles. The number of anilines is 1. The lowest BCUT2D eigenvalue weighted by molar-refractivity contribution is -0.388. The lowest BCUT2D eigenvalue weighted by Crippen LogP contribution is -2.58. The topological polar surface area (TPSA) is 96.5 Å². The van der Waals surface area contributed by atoms with Crippen LogP contribution in [0.3, 0.4) is 0 Å². The fraction of sp³-hybridized carbons (Fsp3) is 0.667. The van der Waals surface area contributed by atoms with Crippen molar-refractivity contribution < 1.29 is 9.72 Å². The average molecular weight is 296 g/mol. The van der Waals surface area contributed by atoms with Crippen molar-refractivity contribution in [3.05, 3.63) is 15.9 Å². The third-order valence-electron chi connectivity index (χ3n) is 3.69. The van der Waals surface area contributed by atoms with Crippen molar-refractivity contribution in [2.45, 2.75) is 13.0 Å². The minimum Gasteiger partial charge on any atom is -0.358 e. The molecule has 1 aliphatic heterocycles. The predicted molar refractivity (Wildman–Crippen MR) is 77.3 cm³/mol. The maximum Gasteiger partial charge on any atom is 0.406 e. The van der Waals surface area contributed by atoms with E-state index in [0.29, 0.717) is 31.3 Å². The van der Waals surface area contributed by atoms with Crippen molar-refractivity contribution in [2.24, 2.45) is 7.05 Å². The highest BCUT2D eigenvalue weighted by Gasteiger charge is 2.37. The maximum atomic E-state index is 12.3. The quantitative estimate of drug-likeness (QED) is 0.597. The molecule has 0 saturated carbocycles. The highest BCUT2D eigenvalue weighted by Crippen LogP contribution is 2.30. The molecule has 9 heteroatoms. The van der Waals surface area contributed by atoms with E-state index in [1.54, 1.807) is 37.5 Å². The van der Waals surface area contributed by atoms with E-state index in [-0.39, 0.29) is 11.7 Å². The highest BCUT2D eigenvalue weighted by molar-refractivity contribution is 5.86. The lowest BCUT2D eigenvalue weighted by Gasteiger charge is -2.37. The number of amides is 1. The molecule has 1 aromatic heterocycles. The number of likely N-dealkylation sites (N-methyl/N-ethyl adjacent to an activating group) is 1.